The van der Waals surface area contributed by atoms with Crippen molar-refractivity contribution in [1.29, 1.82) is 0 Å². The van der Waals surface area contributed by atoms with Crippen LogP contribution >= 0.6 is 0 Å². The Morgan fingerprint density at radius 3 is 2.84 bits per heavy atom. The van der Waals surface area contributed by atoms with Crippen LogP contribution in [0.15, 0.2) is 18.2 Å². The highest BCUT2D eigenvalue weighted by Gasteiger charge is 2.21. The molecule has 1 N–H and O–H groups in total. The molecule has 1 aliphatic carbocycles. The van der Waals surface area contributed by atoms with E-state index in [1.807, 2.05) is 13.8 Å². The minimum Gasteiger partial charge on any atom is -0.467 e. The maximum atomic E-state index is 13.9. The van der Waals surface area contributed by atoms with E-state index in [-0.39, 0.29) is 18.7 Å². The molecule has 1 aromatic rings. The van der Waals surface area contributed by atoms with Crippen LogP contribution in [-0.2, 0) is 4.74 Å². The van der Waals surface area contributed by atoms with E-state index in [1.165, 1.54) is 18.9 Å². The number of nitrogens with one attached hydrogen (secondary N) is 1. The third-order valence-electron chi connectivity index (χ3n) is 3.31. The van der Waals surface area contributed by atoms with E-state index in [1.54, 1.807) is 12.1 Å². The Hall–Kier alpha value is -1.13. The summed E-state index contributed by atoms with van der Waals surface area (Å²) in [6.07, 6.45) is 2.51. The average Bonchev–Trinajstić information content (AvgIpc) is 3.19. The van der Waals surface area contributed by atoms with Crippen molar-refractivity contribution >= 4 is 0 Å². The quantitative estimate of drug-likeness (QED) is 0.579. The van der Waals surface area contributed by atoms with Gasteiger partial charge in [-0.05, 0) is 38.3 Å². The molecule has 0 aromatic heterocycles. The fourth-order valence-corrected chi connectivity index (χ4v) is 1.97. The summed E-state index contributed by atoms with van der Waals surface area (Å²) in [5.41, 5.74) is 0.660. The van der Waals surface area contributed by atoms with E-state index in [2.05, 4.69) is 5.32 Å². The summed E-state index contributed by atoms with van der Waals surface area (Å²) < 4.78 is 24.6. The second-order valence-electron chi connectivity index (χ2n) is 5.04. The number of halogens is 1. The van der Waals surface area contributed by atoms with E-state index >= 15 is 0 Å². The summed E-state index contributed by atoms with van der Waals surface area (Å²) in [5, 5.41) is 3.19. The Morgan fingerprint density at radius 1 is 1.42 bits per heavy atom. The topological polar surface area (TPSA) is 30.5 Å². The van der Waals surface area contributed by atoms with Gasteiger partial charge in [0.05, 0.1) is 6.61 Å². The molecule has 0 spiro atoms. The van der Waals surface area contributed by atoms with Crippen LogP contribution in [0.4, 0.5) is 4.39 Å². The molecule has 0 radical (unpaired) electrons. The van der Waals surface area contributed by atoms with Gasteiger partial charge in [-0.1, -0.05) is 13.0 Å². The molecule has 1 unspecified atom stereocenters. The lowest BCUT2D eigenvalue weighted by molar-refractivity contribution is 0.00981. The van der Waals surface area contributed by atoms with Gasteiger partial charge in [0.25, 0.3) is 0 Å². The zero-order valence-electron chi connectivity index (χ0n) is 11.6. The van der Waals surface area contributed by atoms with Gasteiger partial charge in [0.15, 0.2) is 6.79 Å². The molecule has 1 aliphatic rings. The Labute approximate surface area is 114 Å². The van der Waals surface area contributed by atoms with Crippen LogP contribution in [0.3, 0.4) is 0 Å². The normalized spacial score (nSPS) is 16.4. The zero-order valence-corrected chi connectivity index (χ0v) is 11.6. The molecule has 1 saturated carbocycles. The highest BCUT2D eigenvalue weighted by molar-refractivity contribution is 5.30. The first-order chi connectivity index (χ1) is 9.20. The number of rotatable bonds is 8. The van der Waals surface area contributed by atoms with Crippen LogP contribution in [0.25, 0.3) is 0 Å². The predicted molar refractivity (Wildman–Crippen MR) is 72.7 cm³/mol. The standard InChI is InChI=1S/C15H22FNO2/c1-3-17-11(2)14-7-6-13(8-15(14)16)19-10-18-9-12-4-5-12/h6-8,11-12,17H,3-5,9-10H2,1-2H3. The highest BCUT2D eigenvalue weighted by Crippen LogP contribution is 2.28. The van der Waals surface area contributed by atoms with Crippen molar-refractivity contribution in [3.63, 3.8) is 0 Å². The van der Waals surface area contributed by atoms with Crippen molar-refractivity contribution in [2.45, 2.75) is 32.7 Å². The van der Waals surface area contributed by atoms with E-state index in [9.17, 15) is 4.39 Å². The smallest absolute Gasteiger partial charge is 0.189 e. The molecule has 19 heavy (non-hydrogen) atoms. The minimum atomic E-state index is -0.242. The molecule has 0 saturated heterocycles. The molecule has 0 heterocycles. The number of benzene rings is 1. The Bertz CT molecular complexity index is 407. The maximum absolute atomic E-state index is 13.9. The maximum Gasteiger partial charge on any atom is 0.189 e. The second kappa shape index (κ2) is 6.87. The molecule has 4 heteroatoms. The monoisotopic (exact) mass is 267 g/mol. The first kappa shape index (κ1) is 14.3. The van der Waals surface area contributed by atoms with E-state index < -0.39 is 0 Å². The van der Waals surface area contributed by atoms with Gasteiger partial charge in [-0.2, -0.15) is 0 Å². The Morgan fingerprint density at radius 2 is 2.21 bits per heavy atom. The Kier molecular flexibility index (Phi) is 5.16. The van der Waals surface area contributed by atoms with Crippen LogP contribution in [-0.4, -0.2) is 19.9 Å². The van der Waals surface area contributed by atoms with Gasteiger partial charge in [0.1, 0.15) is 11.6 Å². The van der Waals surface area contributed by atoms with Crippen LogP contribution in [0, 0.1) is 11.7 Å². The largest absolute Gasteiger partial charge is 0.467 e. The Balaban J connectivity index is 1.82. The molecule has 1 aromatic carbocycles. The molecule has 1 atom stereocenters. The van der Waals surface area contributed by atoms with Gasteiger partial charge in [-0.15, -0.1) is 0 Å². The van der Waals surface area contributed by atoms with Crippen LogP contribution in [0.1, 0.15) is 38.3 Å². The van der Waals surface area contributed by atoms with Gasteiger partial charge in [0.2, 0.25) is 0 Å². The van der Waals surface area contributed by atoms with Crippen molar-refractivity contribution < 1.29 is 13.9 Å². The summed E-state index contributed by atoms with van der Waals surface area (Å²) in [6, 6.07) is 4.97. The molecule has 0 aliphatic heterocycles. The lowest BCUT2D eigenvalue weighted by Gasteiger charge is -2.14. The number of hydrogen-bond acceptors (Lipinski definition) is 3. The molecule has 3 nitrogen and oxygen atoms in total. The van der Waals surface area contributed by atoms with E-state index in [0.717, 1.165) is 13.2 Å². The van der Waals surface area contributed by atoms with Gasteiger partial charge in [-0.25, -0.2) is 4.39 Å². The molecule has 0 bridgehead atoms. The van der Waals surface area contributed by atoms with Crippen molar-refractivity contribution in [1.82, 2.24) is 5.32 Å². The molecule has 106 valence electrons. The fourth-order valence-electron chi connectivity index (χ4n) is 1.97. The highest BCUT2D eigenvalue weighted by atomic mass is 19.1. The zero-order chi connectivity index (χ0) is 13.7. The second-order valence-corrected chi connectivity index (χ2v) is 5.04. The minimum absolute atomic E-state index is 0.00478. The first-order valence-corrected chi connectivity index (χ1v) is 6.94. The van der Waals surface area contributed by atoms with Gasteiger partial charge in [0, 0.05) is 17.7 Å². The predicted octanol–water partition coefficient (Wildman–Crippen LogP) is 3.26. The van der Waals surface area contributed by atoms with Gasteiger partial charge >= 0.3 is 0 Å². The van der Waals surface area contributed by atoms with E-state index in [0.29, 0.717) is 17.2 Å². The number of ether oxygens (including phenoxy) is 2. The summed E-state index contributed by atoms with van der Waals surface area (Å²) in [4.78, 5) is 0. The first-order valence-electron chi connectivity index (χ1n) is 6.94. The van der Waals surface area contributed by atoms with Gasteiger partial charge in [-0.3, -0.25) is 0 Å². The fraction of sp³-hybridized carbons (Fsp3) is 0.600. The van der Waals surface area contributed by atoms with Gasteiger partial charge < -0.3 is 14.8 Å². The average molecular weight is 267 g/mol. The molecular weight excluding hydrogens is 245 g/mol. The summed E-state index contributed by atoms with van der Waals surface area (Å²) >= 11 is 0. The molecular formula is C15H22FNO2. The molecule has 2 rings (SSSR count). The lowest BCUT2D eigenvalue weighted by Crippen LogP contribution is -2.18. The number of hydrogen-bond donors (Lipinski definition) is 1. The summed E-state index contributed by atoms with van der Waals surface area (Å²) in [7, 11) is 0. The molecule has 1 fully saturated rings. The molecule has 0 amide bonds. The SMILES string of the molecule is CCNC(C)c1ccc(OCOCC2CC2)cc1F. The third-order valence-corrected chi connectivity index (χ3v) is 3.31. The third kappa shape index (κ3) is 4.48. The van der Waals surface area contributed by atoms with Crippen molar-refractivity contribution in [3.05, 3.63) is 29.6 Å². The lowest BCUT2D eigenvalue weighted by atomic mass is 10.1. The summed E-state index contributed by atoms with van der Waals surface area (Å²) in [6.45, 7) is 5.70. The van der Waals surface area contributed by atoms with Crippen LogP contribution in [0.2, 0.25) is 0 Å². The van der Waals surface area contributed by atoms with Crippen molar-refractivity contribution in [3.8, 4) is 5.75 Å². The van der Waals surface area contributed by atoms with E-state index in [4.69, 9.17) is 9.47 Å². The van der Waals surface area contributed by atoms with Crippen LogP contribution < -0.4 is 10.1 Å². The van der Waals surface area contributed by atoms with Crippen molar-refractivity contribution in [2.24, 2.45) is 5.92 Å². The summed E-state index contributed by atoms with van der Waals surface area (Å²) in [5.74, 6) is 0.984. The van der Waals surface area contributed by atoms with Crippen molar-refractivity contribution in [2.75, 3.05) is 19.9 Å². The van der Waals surface area contributed by atoms with Crippen LogP contribution in [0.5, 0.6) is 5.75 Å².